The molecule has 2 fully saturated rings. The number of piperazine rings is 2. The normalized spacial score (nSPS) is 18.9. The molecule has 0 aromatic carbocycles. The van der Waals surface area contributed by atoms with E-state index in [4.69, 9.17) is 44.3 Å². The second kappa shape index (κ2) is 16.4. The van der Waals surface area contributed by atoms with Gasteiger partial charge in [0.15, 0.2) is 0 Å². The van der Waals surface area contributed by atoms with E-state index >= 15 is 0 Å². The van der Waals surface area contributed by atoms with Crippen molar-refractivity contribution in [3.8, 4) is 0 Å². The van der Waals surface area contributed by atoms with Gasteiger partial charge in [-0.2, -0.15) is 0 Å². The average Bonchev–Trinajstić information content (AvgIpc) is 2.87. The summed E-state index contributed by atoms with van der Waals surface area (Å²) in [6.07, 6.45) is 2.29. The van der Waals surface area contributed by atoms with Crippen LogP contribution in [-0.4, -0.2) is 104 Å². The molecule has 1 N–H and O–H groups in total. The number of nitrogens with one attached hydrogen (secondary N) is 1. The molecular weight excluding hydrogens is 619 g/mol. The Morgan fingerprint density at radius 3 is 1.67 bits per heavy atom. The number of carbonyl (C=O) groups is 2. The molecule has 240 valence electrons. The number of nitrogens with zero attached hydrogens (tertiary/aromatic N) is 7. The topological polar surface area (TPSA) is 126 Å². The monoisotopic (exact) mass is 660 g/mol. The Balaban J connectivity index is 0.000000251. The van der Waals surface area contributed by atoms with Gasteiger partial charge < -0.3 is 29.5 Å². The third-order valence-corrected chi connectivity index (χ3v) is 6.43. The van der Waals surface area contributed by atoms with Crippen LogP contribution >= 0.6 is 34.8 Å². The lowest BCUT2D eigenvalue weighted by Gasteiger charge is -2.40. The fraction of sp³-hybridized carbons (Fsp3) is 0.643. The summed E-state index contributed by atoms with van der Waals surface area (Å²) in [4.78, 5) is 44.7. The van der Waals surface area contributed by atoms with E-state index in [-0.39, 0.29) is 18.2 Å². The molecule has 0 bridgehead atoms. The molecule has 2 aromatic heterocycles. The summed E-state index contributed by atoms with van der Waals surface area (Å²) in [5.41, 5.74) is -0.872. The number of hydrogen-bond donors (Lipinski definition) is 1. The number of hydrogen-bond acceptors (Lipinski definition) is 10. The van der Waals surface area contributed by atoms with E-state index < -0.39 is 11.2 Å². The molecule has 0 spiro atoms. The van der Waals surface area contributed by atoms with Gasteiger partial charge in [-0.25, -0.2) is 29.5 Å². The maximum absolute atomic E-state index is 12.1. The number of aromatic nitrogens is 4. The smallest absolute Gasteiger partial charge is 0.410 e. The molecule has 0 saturated carbocycles. The summed E-state index contributed by atoms with van der Waals surface area (Å²) in [6.45, 7) is 19.6. The summed E-state index contributed by atoms with van der Waals surface area (Å²) in [5.74, 6) is 0.784. The fourth-order valence-corrected chi connectivity index (χ4v) is 4.50. The number of ether oxygens (including phenoxy) is 2. The van der Waals surface area contributed by atoms with Crippen LogP contribution in [0.4, 0.5) is 15.4 Å². The summed E-state index contributed by atoms with van der Waals surface area (Å²) in [7, 11) is 0. The van der Waals surface area contributed by atoms with Crippen LogP contribution in [0.1, 0.15) is 55.4 Å². The van der Waals surface area contributed by atoms with Crippen molar-refractivity contribution in [3.63, 3.8) is 0 Å². The zero-order valence-electron chi connectivity index (χ0n) is 26.1. The molecule has 2 aromatic rings. The molecule has 2 amide bonds. The second-order valence-corrected chi connectivity index (χ2v) is 13.3. The average molecular weight is 662 g/mol. The maximum Gasteiger partial charge on any atom is 0.410 e. The van der Waals surface area contributed by atoms with Crippen LogP contribution < -0.4 is 10.2 Å². The van der Waals surface area contributed by atoms with Gasteiger partial charge in [-0.15, -0.1) is 0 Å². The number of amides is 2. The molecule has 0 aliphatic carbocycles. The number of carbonyl (C=O) groups excluding carboxylic acids is 2. The van der Waals surface area contributed by atoms with Crippen LogP contribution in [0.5, 0.6) is 0 Å². The van der Waals surface area contributed by atoms with Gasteiger partial charge in [-0.3, -0.25) is 0 Å². The van der Waals surface area contributed by atoms with E-state index in [1.165, 1.54) is 18.7 Å². The Morgan fingerprint density at radius 1 is 0.767 bits per heavy atom. The Labute approximate surface area is 269 Å². The first-order chi connectivity index (χ1) is 19.9. The van der Waals surface area contributed by atoms with Gasteiger partial charge >= 0.3 is 12.2 Å². The van der Waals surface area contributed by atoms with E-state index in [1.54, 1.807) is 15.9 Å². The summed E-state index contributed by atoms with van der Waals surface area (Å²) in [6, 6.07) is 3.71. The van der Waals surface area contributed by atoms with Crippen molar-refractivity contribution < 1.29 is 19.1 Å². The molecule has 0 unspecified atom stereocenters. The Kier molecular flexibility index (Phi) is 13.9. The van der Waals surface area contributed by atoms with Crippen LogP contribution in [0.15, 0.2) is 24.8 Å². The number of rotatable bonds is 1. The van der Waals surface area contributed by atoms with Gasteiger partial charge in [-0.05, 0) is 55.4 Å². The highest BCUT2D eigenvalue weighted by atomic mass is 35.5. The Hall–Kier alpha value is -2.67. The minimum atomic E-state index is -0.475. The van der Waals surface area contributed by atoms with Crippen molar-refractivity contribution in [2.45, 2.75) is 78.7 Å². The molecule has 4 heterocycles. The van der Waals surface area contributed by atoms with Crippen LogP contribution in [0.2, 0.25) is 15.5 Å². The molecule has 2 aliphatic rings. The molecule has 0 radical (unpaired) electrons. The quantitative estimate of drug-likeness (QED) is 0.388. The van der Waals surface area contributed by atoms with Crippen molar-refractivity contribution in [2.24, 2.45) is 0 Å². The predicted octanol–water partition coefficient (Wildman–Crippen LogP) is 5.57. The lowest BCUT2D eigenvalue weighted by atomic mass is 10.2. The van der Waals surface area contributed by atoms with Crippen LogP contribution in [-0.2, 0) is 9.47 Å². The van der Waals surface area contributed by atoms with Crippen LogP contribution in [0.25, 0.3) is 0 Å². The van der Waals surface area contributed by atoms with E-state index in [9.17, 15) is 9.59 Å². The zero-order chi connectivity index (χ0) is 32.4. The SMILES string of the molecule is C[C@H]1CN(C(=O)OC(C)(C)C)CCN1.C[C@H]1CN(C(=O)OC(C)(C)C)CCN1c1cc(Cl)ncn1.Clc1cc(Cl)ncn1. The number of halogens is 3. The van der Waals surface area contributed by atoms with Gasteiger partial charge in [0.25, 0.3) is 0 Å². The lowest BCUT2D eigenvalue weighted by Crippen LogP contribution is -2.54. The standard InChI is InChI=1S/C14H21ClN4O2.C10H20N2O2.C4H2Cl2N2/c1-10-8-18(13(20)21-14(2,3)4)5-6-19(10)12-7-11(15)16-9-17-12;1-8-7-12(6-5-11-8)9(13)14-10(2,3)4;5-3-1-4(6)8-2-7-3/h7,9-10H,5-6,8H2,1-4H3;8,11H,5-7H2,1-4H3;1-2H/t10-;8-;/m00./s1. The van der Waals surface area contributed by atoms with E-state index in [2.05, 4.69) is 37.1 Å². The van der Waals surface area contributed by atoms with Gasteiger partial charge in [0.1, 0.15) is 45.1 Å². The third kappa shape index (κ3) is 14.1. The van der Waals surface area contributed by atoms with E-state index in [0.29, 0.717) is 41.1 Å². The van der Waals surface area contributed by atoms with Crippen LogP contribution in [0, 0.1) is 0 Å². The maximum atomic E-state index is 12.1. The Morgan fingerprint density at radius 2 is 1.26 bits per heavy atom. The second-order valence-electron chi connectivity index (χ2n) is 12.1. The molecule has 2 atom stereocenters. The first-order valence-electron chi connectivity index (χ1n) is 14.0. The first kappa shape index (κ1) is 36.5. The molecular formula is C28H43Cl3N8O4. The highest BCUT2D eigenvalue weighted by Gasteiger charge is 2.30. The minimum Gasteiger partial charge on any atom is -0.444 e. The highest BCUT2D eigenvalue weighted by Crippen LogP contribution is 2.21. The van der Waals surface area contributed by atoms with E-state index in [1.807, 2.05) is 48.5 Å². The largest absolute Gasteiger partial charge is 0.444 e. The highest BCUT2D eigenvalue weighted by molar-refractivity contribution is 6.33. The van der Waals surface area contributed by atoms with Gasteiger partial charge in [0.2, 0.25) is 0 Å². The molecule has 2 aliphatic heterocycles. The molecule has 43 heavy (non-hydrogen) atoms. The van der Waals surface area contributed by atoms with Crippen molar-refractivity contribution in [2.75, 3.05) is 44.2 Å². The minimum absolute atomic E-state index is 0.136. The van der Waals surface area contributed by atoms with Crippen LogP contribution in [0.3, 0.4) is 0 Å². The fourth-order valence-electron chi connectivity index (χ4n) is 4.01. The zero-order valence-corrected chi connectivity index (χ0v) is 28.4. The summed E-state index contributed by atoms with van der Waals surface area (Å²) in [5, 5.41) is 4.43. The van der Waals surface area contributed by atoms with Crippen molar-refractivity contribution >= 4 is 52.8 Å². The predicted molar refractivity (Wildman–Crippen MR) is 169 cm³/mol. The van der Waals surface area contributed by atoms with Crippen molar-refractivity contribution in [1.82, 2.24) is 35.1 Å². The molecule has 2 saturated heterocycles. The van der Waals surface area contributed by atoms with Gasteiger partial charge in [0.05, 0.1) is 0 Å². The third-order valence-electron chi connectivity index (χ3n) is 5.81. The lowest BCUT2D eigenvalue weighted by molar-refractivity contribution is 0.0197. The van der Waals surface area contributed by atoms with Gasteiger partial charge in [-0.1, -0.05) is 34.8 Å². The molecule has 4 rings (SSSR count). The summed E-state index contributed by atoms with van der Waals surface area (Å²) < 4.78 is 10.7. The molecule has 12 nitrogen and oxygen atoms in total. The van der Waals surface area contributed by atoms with Gasteiger partial charge in [0, 0.05) is 63.5 Å². The van der Waals surface area contributed by atoms with Crippen molar-refractivity contribution in [1.29, 1.82) is 0 Å². The van der Waals surface area contributed by atoms with E-state index in [0.717, 1.165) is 25.5 Å². The Bertz CT molecular complexity index is 1180. The number of anilines is 1. The first-order valence-corrected chi connectivity index (χ1v) is 15.1. The van der Waals surface area contributed by atoms with Crippen molar-refractivity contribution in [3.05, 3.63) is 40.2 Å². The molecule has 15 heteroatoms. The summed E-state index contributed by atoms with van der Waals surface area (Å²) >= 11 is 16.7.